The zero-order chi connectivity index (χ0) is 14.0. The van der Waals surface area contributed by atoms with Gasteiger partial charge in [-0.2, -0.15) is 0 Å². The second kappa shape index (κ2) is 5.74. The van der Waals surface area contributed by atoms with Crippen LogP contribution in [0.15, 0.2) is 29.1 Å². The number of H-pyrrole nitrogens is 1. The molecule has 19 heavy (non-hydrogen) atoms. The van der Waals surface area contributed by atoms with Crippen molar-refractivity contribution >= 4 is 23.2 Å². The number of nitrogens with zero attached hydrogens (tertiary/aromatic N) is 1. The maximum Gasteiger partial charge on any atom is 0.251 e. The molecule has 1 heterocycles. The van der Waals surface area contributed by atoms with Crippen LogP contribution in [-0.4, -0.2) is 9.97 Å². The lowest BCUT2D eigenvalue weighted by Crippen LogP contribution is -2.17. The summed E-state index contributed by atoms with van der Waals surface area (Å²) in [7, 11) is 0. The lowest BCUT2D eigenvalue weighted by atomic mass is 10.1. The fourth-order valence-corrected chi connectivity index (χ4v) is 2.01. The van der Waals surface area contributed by atoms with Crippen LogP contribution in [0.1, 0.15) is 30.0 Å². The van der Waals surface area contributed by atoms with Crippen LogP contribution in [-0.2, 0) is 6.42 Å². The zero-order valence-electron chi connectivity index (χ0n) is 10.3. The number of hydrogen-bond donors (Lipinski definition) is 2. The van der Waals surface area contributed by atoms with E-state index in [1.807, 2.05) is 6.07 Å². The monoisotopic (exact) mass is 297 g/mol. The molecule has 0 aliphatic rings. The van der Waals surface area contributed by atoms with Gasteiger partial charge in [-0.05, 0) is 24.6 Å². The Morgan fingerprint density at radius 1 is 1.32 bits per heavy atom. The standard InChI is InChI=1S/C13H13Cl2N3O/c1-7(16)11-6-13(19)18-12(17-11)5-8-2-3-9(14)10(15)4-8/h2-4,6-7H,5,16H2,1H3,(H,17,18,19). The van der Waals surface area contributed by atoms with E-state index >= 15 is 0 Å². The second-order valence-corrected chi connectivity index (χ2v) is 5.15. The highest BCUT2D eigenvalue weighted by atomic mass is 35.5. The van der Waals surface area contributed by atoms with E-state index in [-0.39, 0.29) is 11.6 Å². The summed E-state index contributed by atoms with van der Waals surface area (Å²) in [6.45, 7) is 1.78. The summed E-state index contributed by atoms with van der Waals surface area (Å²) in [4.78, 5) is 18.5. The van der Waals surface area contributed by atoms with Gasteiger partial charge in [-0.3, -0.25) is 4.79 Å². The van der Waals surface area contributed by atoms with Gasteiger partial charge in [0.25, 0.3) is 5.56 Å². The fraction of sp³-hybridized carbons (Fsp3) is 0.231. The molecular weight excluding hydrogens is 285 g/mol. The largest absolute Gasteiger partial charge is 0.323 e. The van der Waals surface area contributed by atoms with Crippen molar-refractivity contribution in [1.82, 2.24) is 9.97 Å². The molecule has 0 amide bonds. The van der Waals surface area contributed by atoms with Crippen molar-refractivity contribution < 1.29 is 0 Å². The highest BCUT2D eigenvalue weighted by molar-refractivity contribution is 6.42. The maximum absolute atomic E-state index is 11.5. The Morgan fingerprint density at radius 2 is 2.05 bits per heavy atom. The molecule has 4 nitrogen and oxygen atoms in total. The molecule has 1 aromatic carbocycles. The molecule has 2 rings (SSSR count). The summed E-state index contributed by atoms with van der Waals surface area (Å²) in [5.74, 6) is 0.554. The average Bonchev–Trinajstić information content (AvgIpc) is 2.33. The van der Waals surface area contributed by atoms with Gasteiger partial charge in [0.2, 0.25) is 0 Å². The van der Waals surface area contributed by atoms with E-state index in [9.17, 15) is 4.79 Å². The van der Waals surface area contributed by atoms with Gasteiger partial charge in [0.05, 0.1) is 15.7 Å². The fourth-order valence-electron chi connectivity index (χ4n) is 1.69. The van der Waals surface area contributed by atoms with E-state index in [2.05, 4.69) is 9.97 Å². The minimum Gasteiger partial charge on any atom is -0.323 e. The SMILES string of the molecule is CC(N)c1cc(=O)[nH]c(Cc2ccc(Cl)c(Cl)c2)n1. The smallest absolute Gasteiger partial charge is 0.251 e. The molecule has 1 unspecified atom stereocenters. The number of hydrogen-bond acceptors (Lipinski definition) is 3. The molecule has 0 radical (unpaired) electrons. The van der Waals surface area contributed by atoms with Crippen molar-refractivity contribution in [2.24, 2.45) is 5.73 Å². The predicted octanol–water partition coefficient (Wildman–Crippen LogP) is 2.69. The van der Waals surface area contributed by atoms with Gasteiger partial charge in [-0.1, -0.05) is 29.3 Å². The van der Waals surface area contributed by atoms with Gasteiger partial charge in [0.15, 0.2) is 0 Å². The first kappa shape index (κ1) is 14.1. The lowest BCUT2D eigenvalue weighted by Gasteiger charge is -2.07. The minimum atomic E-state index is -0.283. The quantitative estimate of drug-likeness (QED) is 0.915. The van der Waals surface area contributed by atoms with E-state index in [0.29, 0.717) is 28.0 Å². The van der Waals surface area contributed by atoms with E-state index in [0.717, 1.165) is 5.56 Å². The van der Waals surface area contributed by atoms with Gasteiger partial charge in [-0.25, -0.2) is 4.98 Å². The third-order valence-electron chi connectivity index (χ3n) is 2.63. The van der Waals surface area contributed by atoms with Crippen molar-refractivity contribution in [1.29, 1.82) is 0 Å². The van der Waals surface area contributed by atoms with Gasteiger partial charge in [-0.15, -0.1) is 0 Å². The van der Waals surface area contributed by atoms with E-state index in [4.69, 9.17) is 28.9 Å². The molecule has 0 saturated heterocycles. The van der Waals surface area contributed by atoms with Crippen molar-refractivity contribution in [2.75, 3.05) is 0 Å². The van der Waals surface area contributed by atoms with E-state index in [1.54, 1.807) is 19.1 Å². The molecule has 100 valence electrons. The zero-order valence-corrected chi connectivity index (χ0v) is 11.8. The molecule has 0 aliphatic carbocycles. The Labute approximate surface area is 120 Å². The molecule has 2 aromatic rings. The van der Waals surface area contributed by atoms with Gasteiger partial charge >= 0.3 is 0 Å². The third kappa shape index (κ3) is 3.56. The predicted molar refractivity (Wildman–Crippen MR) is 76.7 cm³/mol. The first-order valence-corrected chi connectivity index (χ1v) is 6.51. The summed E-state index contributed by atoms with van der Waals surface area (Å²) in [6, 6.07) is 6.43. The van der Waals surface area contributed by atoms with Crippen molar-refractivity contribution in [3.63, 3.8) is 0 Å². The molecule has 0 fully saturated rings. The summed E-state index contributed by atoms with van der Waals surface area (Å²) < 4.78 is 0. The van der Waals surface area contributed by atoms with Crippen LogP contribution in [0, 0.1) is 0 Å². The van der Waals surface area contributed by atoms with Crippen molar-refractivity contribution in [3.05, 3.63) is 61.7 Å². The molecule has 0 aliphatic heterocycles. The molecule has 6 heteroatoms. The number of rotatable bonds is 3. The molecule has 0 saturated carbocycles. The lowest BCUT2D eigenvalue weighted by molar-refractivity contribution is 0.753. The van der Waals surface area contributed by atoms with Crippen LogP contribution in [0.25, 0.3) is 0 Å². The topological polar surface area (TPSA) is 71.8 Å². The van der Waals surface area contributed by atoms with Crippen LogP contribution in [0.4, 0.5) is 0 Å². The van der Waals surface area contributed by atoms with Crippen LogP contribution in [0.3, 0.4) is 0 Å². The van der Waals surface area contributed by atoms with Crippen LogP contribution < -0.4 is 11.3 Å². The number of benzene rings is 1. The Morgan fingerprint density at radius 3 is 2.68 bits per heavy atom. The summed E-state index contributed by atoms with van der Waals surface area (Å²) in [6.07, 6.45) is 0.465. The molecular formula is C13H13Cl2N3O. The molecule has 0 bridgehead atoms. The Balaban J connectivity index is 2.32. The van der Waals surface area contributed by atoms with Gasteiger partial charge in [0, 0.05) is 18.5 Å². The summed E-state index contributed by atoms with van der Waals surface area (Å²) in [5.41, 5.74) is 7.01. The Hall–Kier alpha value is -1.36. The van der Waals surface area contributed by atoms with E-state index in [1.165, 1.54) is 6.07 Å². The second-order valence-electron chi connectivity index (χ2n) is 4.33. The Bertz CT molecular complexity index is 653. The number of aromatic nitrogens is 2. The number of nitrogens with two attached hydrogens (primary N) is 1. The molecule has 0 spiro atoms. The number of halogens is 2. The van der Waals surface area contributed by atoms with Crippen LogP contribution in [0.5, 0.6) is 0 Å². The third-order valence-corrected chi connectivity index (χ3v) is 3.37. The molecule has 3 N–H and O–H groups in total. The molecule has 1 aromatic heterocycles. The normalized spacial score (nSPS) is 12.4. The first-order valence-electron chi connectivity index (χ1n) is 5.75. The average molecular weight is 298 g/mol. The highest BCUT2D eigenvalue weighted by Gasteiger charge is 2.07. The number of nitrogens with one attached hydrogen (secondary N) is 1. The highest BCUT2D eigenvalue weighted by Crippen LogP contribution is 2.23. The maximum atomic E-state index is 11.5. The van der Waals surface area contributed by atoms with Gasteiger partial charge < -0.3 is 10.7 Å². The minimum absolute atomic E-state index is 0.211. The van der Waals surface area contributed by atoms with Crippen LogP contribution >= 0.6 is 23.2 Å². The Kier molecular flexibility index (Phi) is 4.24. The summed E-state index contributed by atoms with van der Waals surface area (Å²) >= 11 is 11.8. The van der Waals surface area contributed by atoms with Crippen molar-refractivity contribution in [2.45, 2.75) is 19.4 Å². The van der Waals surface area contributed by atoms with Crippen molar-refractivity contribution in [3.8, 4) is 0 Å². The van der Waals surface area contributed by atoms with E-state index < -0.39 is 0 Å². The summed E-state index contributed by atoms with van der Waals surface area (Å²) in [5, 5.41) is 0.973. The van der Waals surface area contributed by atoms with Gasteiger partial charge in [0.1, 0.15) is 5.82 Å². The first-order chi connectivity index (χ1) is 8.95. The molecule has 1 atom stereocenters. The number of aromatic amines is 1. The van der Waals surface area contributed by atoms with Crippen LogP contribution in [0.2, 0.25) is 10.0 Å².